The van der Waals surface area contributed by atoms with E-state index >= 15 is 0 Å². The van der Waals surface area contributed by atoms with Crippen molar-refractivity contribution in [3.8, 4) is 11.5 Å². The molecular weight excluding hydrogens is 292 g/mol. The fourth-order valence-electron chi connectivity index (χ4n) is 2.27. The second-order valence-electron chi connectivity index (χ2n) is 5.03. The Morgan fingerprint density at radius 3 is 2.65 bits per heavy atom. The number of aryl methyl sites for hydroxylation is 1. The molecule has 0 unspecified atom stereocenters. The van der Waals surface area contributed by atoms with E-state index in [-0.39, 0.29) is 6.03 Å². The van der Waals surface area contributed by atoms with E-state index in [9.17, 15) is 4.79 Å². The van der Waals surface area contributed by atoms with Gasteiger partial charge in [-0.2, -0.15) is 0 Å². The summed E-state index contributed by atoms with van der Waals surface area (Å²) >= 11 is 0. The number of amides is 2. The smallest absolute Gasteiger partial charge is 0.319 e. The summed E-state index contributed by atoms with van der Waals surface area (Å²) in [7, 11) is 3.26. The lowest BCUT2D eigenvalue weighted by Gasteiger charge is -2.10. The van der Waals surface area contributed by atoms with Gasteiger partial charge >= 0.3 is 6.03 Å². The van der Waals surface area contributed by atoms with Crippen LogP contribution < -0.4 is 20.1 Å². The molecule has 0 aliphatic rings. The number of nitrogens with one attached hydrogen (secondary N) is 2. The van der Waals surface area contributed by atoms with Gasteiger partial charge in [0.15, 0.2) is 0 Å². The third-order valence-corrected chi connectivity index (χ3v) is 3.43. The van der Waals surface area contributed by atoms with Crippen LogP contribution in [0.4, 0.5) is 10.5 Å². The number of hydrogen-bond acceptors (Lipinski definition) is 3. The summed E-state index contributed by atoms with van der Waals surface area (Å²) in [4.78, 5) is 11.9. The number of benzene rings is 2. The van der Waals surface area contributed by atoms with E-state index in [1.807, 2.05) is 42.5 Å². The van der Waals surface area contributed by atoms with Gasteiger partial charge in [-0.25, -0.2) is 4.79 Å². The molecule has 2 rings (SSSR count). The molecule has 122 valence electrons. The summed E-state index contributed by atoms with van der Waals surface area (Å²) in [6.07, 6.45) is 1.69. The largest absolute Gasteiger partial charge is 0.497 e. The Bertz CT molecular complexity index is 644. The summed E-state index contributed by atoms with van der Waals surface area (Å²) in [5, 5.41) is 5.63. The van der Waals surface area contributed by atoms with E-state index in [0.717, 1.165) is 24.2 Å². The van der Waals surface area contributed by atoms with Gasteiger partial charge in [-0.05, 0) is 36.6 Å². The predicted octanol–water partition coefficient (Wildman–Crippen LogP) is 3.46. The highest BCUT2D eigenvalue weighted by Crippen LogP contribution is 2.18. The van der Waals surface area contributed by atoms with Crippen molar-refractivity contribution in [2.45, 2.75) is 12.8 Å². The second kappa shape index (κ2) is 8.68. The molecule has 0 heterocycles. The lowest BCUT2D eigenvalue weighted by Crippen LogP contribution is -2.29. The number of urea groups is 1. The fraction of sp³-hybridized carbons (Fsp3) is 0.278. The van der Waals surface area contributed by atoms with Gasteiger partial charge in [0.2, 0.25) is 0 Å². The van der Waals surface area contributed by atoms with E-state index in [4.69, 9.17) is 9.47 Å². The molecule has 0 aliphatic heterocycles. The van der Waals surface area contributed by atoms with Crippen LogP contribution in [0.2, 0.25) is 0 Å². The monoisotopic (exact) mass is 314 g/mol. The van der Waals surface area contributed by atoms with Gasteiger partial charge in [0.1, 0.15) is 11.5 Å². The van der Waals surface area contributed by atoms with E-state index < -0.39 is 0 Å². The summed E-state index contributed by atoms with van der Waals surface area (Å²) in [5.41, 5.74) is 1.84. The lowest BCUT2D eigenvalue weighted by atomic mass is 10.1. The molecule has 2 N–H and O–H groups in total. The van der Waals surface area contributed by atoms with Gasteiger partial charge in [-0.3, -0.25) is 0 Å². The van der Waals surface area contributed by atoms with Gasteiger partial charge in [0.05, 0.1) is 14.2 Å². The van der Waals surface area contributed by atoms with Gasteiger partial charge < -0.3 is 20.1 Å². The van der Waals surface area contributed by atoms with Crippen molar-refractivity contribution in [3.63, 3.8) is 0 Å². The van der Waals surface area contributed by atoms with Gasteiger partial charge in [-0.1, -0.05) is 24.3 Å². The zero-order valence-electron chi connectivity index (χ0n) is 13.5. The molecule has 0 radical (unpaired) electrons. The molecule has 5 heteroatoms. The Hall–Kier alpha value is -2.69. The van der Waals surface area contributed by atoms with Crippen LogP contribution >= 0.6 is 0 Å². The highest BCUT2D eigenvalue weighted by molar-refractivity contribution is 5.89. The molecule has 0 atom stereocenters. The average molecular weight is 314 g/mol. The maximum Gasteiger partial charge on any atom is 0.319 e. The minimum atomic E-state index is -0.224. The third kappa shape index (κ3) is 5.21. The van der Waals surface area contributed by atoms with Crippen molar-refractivity contribution in [1.29, 1.82) is 0 Å². The molecule has 2 aromatic carbocycles. The number of methoxy groups -OCH3 is 2. The number of ether oxygens (including phenoxy) is 2. The zero-order valence-corrected chi connectivity index (χ0v) is 13.5. The number of carbonyl (C=O) groups is 1. The zero-order chi connectivity index (χ0) is 16.5. The molecular formula is C18H22N2O3. The standard InChI is InChI=1S/C18H22N2O3/c1-22-16-10-5-9-15(13-16)20-18(21)19-12-6-8-14-7-3-4-11-17(14)23-2/h3-5,7,9-11,13H,6,8,12H2,1-2H3,(H2,19,20,21). The minimum absolute atomic E-state index is 0.224. The maximum absolute atomic E-state index is 11.9. The van der Waals surface area contributed by atoms with Crippen LogP contribution in [0, 0.1) is 0 Å². The molecule has 2 amide bonds. The molecule has 0 spiro atoms. The van der Waals surface area contributed by atoms with Crippen LogP contribution in [0.1, 0.15) is 12.0 Å². The molecule has 2 aromatic rings. The Morgan fingerprint density at radius 1 is 1.04 bits per heavy atom. The topological polar surface area (TPSA) is 59.6 Å². The summed E-state index contributed by atoms with van der Waals surface area (Å²) in [6, 6.07) is 14.9. The van der Waals surface area contributed by atoms with Crippen molar-refractivity contribution >= 4 is 11.7 Å². The third-order valence-electron chi connectivity index (χ3n) is 3.43. The normalized spacial score (nSPS) is 10.0. The molecule has 23 heavy (non-hydrogen) atoms. The lowest BCUT2D eigenvalue weighted by molar-refractivity contribution is 0.252. The number of hydrogen-bond donors (Lipinski definition) is 2. The van der Waals surface area contributed by atoms with Crippen molar-refractivity contribution in [2.75, 3.05) is 26.1 Å². The first-order valence-electron chi connectivity index (χ1n) is 7.53. The predicted molar refractivity (Wildman–Crippen MR) is 91.3 cm³/mol. The summed E-state index contributed by atoms with van der Waals surface area (Å²) < 4.78 is 10.4. The first kappa shape index (κ1) is 16.7. The Morgan fingerprint density at radius 2 is 1.87 bits per heavy atom. The minimum Gasteiger partial charge on any atom is -0.497 e. The van der Waals surface area contributed by atoms with E-state index in [2.05, 4.69) is 10.6 Å². The highest BCUT2D eigenvalue weighted by Gasteiger charge is 2.04. The van der Waals surface area contributed by atoms with Crippen LogP contribution in [-0.4, -0.2) is 26.8 Å². The average Bonchev–Trinajstić information content (AvgIpc) is 2.59. The SMILES string of the molecule is COc1cccc(NC(=O)NCCCc2ccccc2OC)c1. The molecule has 0 bridgehead atoms. The number of carbonyl (C=O) groups excluding carboxylic acids is 1. The van der Waals surface area contributed by atoms with Crippen LogP contribution in [-0.2, 0) is 6.42 Å². The van der Waals surface area contributed by atoms with Crippen LogP contribution in [0.3, 0.4) is 0 Å². The van der Waals surface area contributed by atoms with Crippen molar-refractivity contribution in [2.24, 2.45) is 0 Å². The molecule has 5 nitrogen and oxygen atoms in total. The van der Waals surface area contributed by atoms with Gasteiger partial charge in [-0.15, -0.1) is 0 Å². The second-order valence-corrected chi connectivity index (χ2v) is 5.03. The molecule has 0 saturated carbocycles. The van der Waals surface area contributed by atoms with E-state index in [0.29, 0.717) is 18.0 Å². The Labute approximate surface area is 136 Å². The van der Waals surface area contributed by atoms with Crippen LogP contribution in [0.25, 0.3) is 0 Å². The van der Waals surface area contributed by atoms with Crippen LogP contribution in [0.5, 0.6) is 11.5 Å². The Kier molecular flexibility index (Phi) is 6.29. The van der Waals surface area contributed by atoms with Gasteiger partial charge in [0, 0.05) is 18.3 Å². The molecule has 0 saturated heterocycles. The quantitative estimate of drug-likeness (QED) is 0.770. The summed E-state index contributed by atoms with van der Waals surface area (Å²) in [6.45, 7) is 0.591. The number of rotatable bonds is 7. The summed E-state index contributed by atoms with van der Waals surface area (Å²) in [5.74, 6) is 1.59. The van der Waals surface area contributed by atoms with Gasteiger partial charge in [0.25, 0.3) is 0 Å². The molecule has 0 aliphatic carbocycles. The Balaban J connectivity index is 1.74. The van der Waals surface area contributed by atoms with Crippen molar-refractivity contribution in [3.05, 3.63) is 54.1 Å². The van der Waals surface area contributed by atoms with E-state index in [1.54, 1.807) is 20.3 Å². The van der Waals surface area contributed by atoms with Crippen molar-refractivity contribution < 1.29 is 14.3 Å². The van der Waals surface area contributed by atoms with Crippen molar-refractivity contribution in [1.82, 2.24) is 5.32 Å². The molecule has 0 aromatic heterocycles. The van der Waals surface area contributed by atoms with E-state index in [1.165, 1.54) is 0 Å². The number of anilines is 1. The molecule has 0 fully saturated rings. The fourth-order valence-corrected chi connectivity index (χ4v) is 2.27. The van der Waals surface area contributed by atoms with Crippen LogP contribution in [0.15, 0.2) is 48.5 Å². The number of para-hydroxylation sites is 1. The first-order chi connectivity index (χ1) is 11.2. The highest BCUT2D eigenvalue weighted by atomic mass is 16.5. The maximum atomic E-state index is 11.9. The first-order valence-corrected chi connectivity index (χ1v) is 7.53.